The summed E-state index contributed by atoms with van der Waals surface area (Å²) in [6.45, 7) is -0.0396. The number of hydrogen-bond acceptors (Lipinski definition) is 4. The molecule has 0 aliphatic carbocycles. The Hall–Kier alpha value is -1.29. The minimum atomic E-state index is -4.70. The molecule has 1 fully saturated rings. The molecule has 1 aromatic carbocycles. The van der Waals surface area contributed by atoms with Crippen molar-refractivity contribution in [2.45, 2.75) is 16.8 Å². The maximum absolute atomic E-state index is 12.7. The van der Waals surface area contributed by atoms with E-state index in [1.807, 2.05) is 0 Å². The summed E-state index contributed by atoms with van der Waals surface area (Å²) >= 11 is -0.308. The molecular formula is C12H11F4NO3S2. The van der Waals surface area contributed by atoms with Gasteiger partial charge in [0.25, 0.3) is 0 Å². The largest absolute Gasteiger partial charge is 0.446 e. The first-order valence-corrected chi connectivity index (χ1v) is 8.49. The zero-order valence-electron chi connectivity index (χ0n) is 11.0. The number of alkyl halides is 3. The standard InChI is InChI=1S/C12H11F4NO3S2/c13-12(14,15)21-10-3-1-2-9(5-10)17-6-8(4-11(17)18)7-22(16,19)20/h1-3,5,8H,4,6-7H2. The van der Waals surface area contributed by atoms with Crippen LogP contribution in [0.15, 0.2) is 29.2 Å². The summed E-state index contributed by atoms with van der Waals surface area (Å²) in [6, 6.07) is 5.27. The van der Waals surface area contributed by atoms with Crippen LogP contribution in [-0.4, -0.2) is 32.1 Å². The van der Waals surface area contributed by atoms with E-state index in [2.05, 4.69) is 0 Å². The lowest BCUT2D eigenvalue weighted by molar-refractivity contribution is -0.117. The Kier molecular flexibility index (Phi) is 4.71. The molecule has 0 aromatic heterocycles. The molecule has 1 aromatic rings. The van der Waals surface area contributed by atoms with Crippen LogP contribution >= 0.6 is 11.8 Å². The van der Waals surface area contributed by atoms with Crippen molar-refractivity contribution in [2.24, 2.45) is 5.92 Å². The van der Waals surface area contributed by atoms with Gasteiger partial charge < -0.3 is 4.90 Å². The van der Waals surface area contributed by atoms with Crippen molar-refractivity contribution in [2.75, 3.05) is 17.2 Å². The van der Waals surface area contributed by atoms with E-state index in [4.69, 9.17) is 0 Å². The molecule has 1 saturated heterocycles. The second kappa shape index (κ2) is 6.07. The first-order valence-electron chi connectivity index (χ1n) is 6.12. The molecule has 0 spiro atoms. The van der Waals surface area contributed by atoms with Gasteiger partial charge >= 0.3 is 15.7 Å². The summed E-state index contributed by atoms with van der Waals surface area (Å²) < 4.78 is 71.0. The highest BCUT2D eigenvalue weighted by Crippen LogP contribution is 2.38. The number of halogens is 4. The first kappa shape index (κ1) is 17.1. The van der Waals surface area contributed by atoms with E-state index in [1.54, 1.807) is 0 Å². The number of amides is 1. The van der Waals surface area contributed by atoms with Gasteiger partial charge in [0, 0.05) is 29.5 Å². The molecule has 1 aliphatic heterocycles. The maximum atomic E-state index is 12.7. The minimum absolute atomic E-state index is 0.0396. The quantitative estimate of drug-likeness (QED) is 0.472. The summed E-state index contributed by atoms with van der Waals surface area (Å²) in [5, 5.41) is 0. The number of nitrogens with zero attached hydrogens (tertiary/aromatic N) is 1. The molecule has 1 unspecified atom stereocenters. The van der Waals surface area contributed by atoms with Gasteiger partial charge in [0.1, 0.15) is 0 Å². The normalized spacial score (nSPS) is 19.7. The molecule has 0 N–H and O–H groups in total. The van der Waals surface area contributed by atoms with Gasteiger partial charge in [-0.1, -0.05) is 6.07 Å². The van der Waals surface area contributed by atoms with E-state index >= 15 is 0 Å². The molecule has 0 saturated carbocycles. The predicted molar refractivity (Wildman–Crippen MR) is 73.7 cm³/mol. The Labute approximate surface area is 128 Å². The monoisotopic (exact) mass is 357 g/mol. The third kappa shape index (κ3) is 4.87. The third-order valence-corrected chi connectivity index (χ3v) is 4.59. The molecule has 1 heterocycles. The fraction of sp³-hybridized carbons (Fsp3) is 0.417. The van der Waals surface area contributed by atoms with Crippen molar-refractivity contribution in [3.8, 4) is 0 Å². The zero-order valence-corrected chi connectivity index (χ0v) is 12.6. The van der Waals surface area contributed by atoms with Crippen LogP contribution in [0.3, 0.4) is 0 Å². The Morgan fingerprint density at radius 3 is 2.59 bits per heavy atom. The Morgan fingerprint density at radius 1 is 1.32 bits per heavy atom. The van der Waals surface area contributed by atoms with Crippen molar-refractivity contribution in [1.29, 1.82) is 0 Å². The highest BCUT2D eigenvalue weighted by atomic mass is 32.3. The van der Waals surface area contributed by atoms with Crippen LogP contribution in [0.4, 0.5) is 22.7 Å². The Morgan fingerprint density at radius 2 is 2.00 bits per heavy atom. The molecule has 0 radical (unpaired) electrons. The number of benzene rings is 1. The van der Waals surface area contributed by atoms with Gasteiger partial charge in [-0.25, -0.2) is 0 Å². The lowest BCUT2D eigenvalue weighted by Crippen LogP contribution is -2.25. The molecule has 2 rings (SSSR count). The van der Waals surface area contributed by atoms with Gasteiger partial charge in [0.2, 0.25) is 5.91 Å². The van der Waals surface area contributed by atoms with Crippen LogP contribution in [0.5, 0.6) is 0 Å². The van der Waals surface area contributed by atoms with E-state index in [0.717, 1.165) is 0 Å². The summed E-state index contributed by atoms with van der Waals surface area (Å²) in [5.74, 6) is -1.92. The van der Waals surface area contributed by atoms with Crippen LogP contribution in [0.2, 0.25) is 0 Å². The molecule has 122 valence electrons. The number of hydrogen-bond donors (Lipinski definition) is 0. The van der Waals surface area contributed by atoms with Crippen LogP contribution in [0.1, 0.15) is 6.42 Å². The van der Waals surface area contributed by atoms with Crippen LogP contribution in [0, 0.1) is 5.92 Å². The van der Waals surface area contributed by atoms with Crippen LogP contribution in [-0.2, 0) is 15.0 Å². The van der Waals surface area contributed by atoms with Gasteiger partial charge in [0.05, 0.1) is 5.75 Å². The molecule has 10 heteroatoms. The number of carbonyl (C=O) groups excluding carboxylic acids is 1. The van der Waals surface area contributed by atoms with E-state index in [0.29, 0.717) is 0 Å². The van der Waals surface area contributed by atoms with Crippen LogP contribution < -0.4 is 4.90 Å². The lowest BCUT2D eigenvalue weighted by atomic mass is 10.1. The van der Waals surface area contributed by atoms with E-state index in [9.17, 15) is 30.3 Å². The van der Waals surface area contributed by atoms with Gasteiger partial charge in [-0.05, 0) is 30.0 Å². The van der Waals surface area contributed by atoms with Crippen molar-refractivity contribution in [3.63, 3.8) is 0 Å². The van der Waals surface area contributed by atoms with Gasteiger partial charge in [-0.2, -0.15) is 21.6 Å². The molecule has 1 atom stereocenters. The first-order chi connectivity index (χ1) is 10.0. The number of anilines is 1. The van der Waals surface area contributed by atoms with E-state index in [-0.39, 0.29) is 35.3 Å². The third-order valence-electron chi connectivity index (χ3n) is 3.00. The zero-order chi connectivity index (χ0) is 16.5. The predicted octanol–water partition coefficient (Wildman–Crippen LogP) is 2.95. The summed E-state index contributed by atoms with van der Waals surface area (Å²) in [7, 11) is -4.70. The molecule has 0 bridgehead atoms. The molecule has 1 aliphatic rings. The highest BCUT2D eigenvalue weighted by molar-refractivity contribution is 8.00. The van der Waals surface area contributed by atoms with Crippen molar-refractivity contribution >= 4 is 33.6 Å². The summed E-state index contributed by atoms with van der Waals surface area (Å²) in [6.07, 6.45) is -0.153. The van der Waals surface area contributed by atoms with E-state index in [1.165, 1.54) is 29.2 Å². The minimum Gasteiger partial charge on any atom is -0.312 e. The van der Waals surface area contributed by atoms with Gasteiger partial charge in [0.15, 0.2) is 0 Å². The van der Waals surface area contributed by atoms with Crippen molar-refractivity contribution < 1.29 is 30.3 Å². The second-order valence-electron chi connectivity index (χ2n) is 4.83. The van der Waals surface area contributed by atoms with Crippen molar-refractivity contribution in [1.82, 2.24) is 0 Å². The fourth-order valence-electron chi connectivity index (χ4n) is 2.27. The molecule has 1 amide bonds. The lowest BCUT2D eigenvalue weighted by Gasteiger charge is -2.17. The summed E-state index contributed by atoms with van der Waals surface area (Å²) in [5.41, 5.74) is -4.21. The SMILES string of the molecule is O=C1CC(CS(=O)(=O)F)CN1c1cccc(SC(F)(F)F)c1. The Bertz CT molecular complexity index is 675. The van der Waals surface area contributed by atoms with Gasteiger partial charge in [-0.15, -0.1) is 3.89 Å². The average molecular weight is 357 g/mol. The van der Waals surface area contributed by atoms with Crippen molar-refractivity contribution in [3.05, 3.63) is 24.3 Å². The fourth-order valence-corrected chi connectivity index (χ4v) is 3.65. The highest BCUT2D eigenvalue weighted by Gasteiger charge is 2.34. The second-order valence-corrected chi connectivity index (χ2v) is 7.37. The smallest absolute Gasteiger partial charge is 0.312 e. The number of carbonyl (C=O) groups is 1. The van der Waals surface area contributed by atoms with Gasteiger partial charge in [-0.3, -0.25) is 4.79 Å². The summed E-state index contributed by atoms with van der Waals surface area (Å²) in [4.78, 5) is 12.9. The number of thioether (sulfide) groups is 1. The van der Waals surface area contributed by atoms with Crippen LogP contribution in [0.25, 0.3) is 0 Å². The maximum Gasteiger partial charge on any atom is 0.446 e. The molecule has 22 heavy (non-hydrogen) atoms. The Balaban J connectivity index is 2.15. The van der Waals surface area contributed by atoms with E-state index < -0.39 is 33.3 Å². The topological polar surface area (TPSA) is 54.5 Å². The molecular weight excluding hydrogens is 346 g/mol. The molecule has 4 nitrogen and oxygen atoms in total. The average Bonchev–Trinajstić information content (AvgIpc) is 2.65. The number of rotatable bonds is 4.